The Balaban J connectivity index is 1.72. The monoisotopic (exact) mass is 445 g/mol. The zero-order chi connectivity index (χ0) is 23.2. The standard InChI is InChI=1S/C23H28FN3O5/c1-13-11-26(14(2)10-25(13)7-6-15(3)28)20-9-19-17(8-18(20)24)22(29)21(32-23(30)31)12-27(19)16-4-5-16/h8-9,12-14,16H,4-7,10-11H2,1-3H3,(H,30,31). The molecule has 172 valence electrons. The Hall–Kier alpha value is -2.94. The summed E-state index contributed by atoms with van der Waals surface area (Å²) in [5.74, 6) is -0.692. The van der Waals surface area contributed by atoms with E-state index in [0.717, 1.165) is 12.8 Å². The second kappa shape index (κ2) is 8.54. The highest BCUT2D eigenvalue weighted by Crippen LogP contribution is 2.39. The van der Waals surface area contributed by atoms with Gasteiger partial charge in [-0.2, -0.15) is 0 Å². The number of hydrogen-bond donors (Lipinski definition) is 1. The SMILES string of the molecule is CC(=O)CCN1CC(C)N(c2cc3c(cc2F)c(=O)c(OC(=O)O)cn3C2CC2)CC1C. The fourth-order valence-electron chi connectivity index (χ4n) is 4.52. The van der Waals surface area contributed by atoms with Gasteiger partial charge in [0.05, 0.1) is 22.8 Å². The number of carbonyl (C=O) groups is 2. The molecule has 0 bridgehead atoms. The summed E-state index contributed by atoms with van der Waals surface area (Å²) in [4.78, 5) is 39.4. The van der Waals surface area contributed by atoms with Crippen LogP contribution in [0.1, 0.15) is 46.1 Å². The average molecular weight is 445 g/mol. The van der Waals surface area contributed by atoms with Crippen LogP contribution in [-0.2, 0) is 4.79 Å². The number of Topliss-reactive ketones (excluding diaryl/α,β-unsaturated/α-hetero) is 1. The minimum Gasteiger partial charge on any atom is -0.449 e. The largest absolute Gasteiger partial charge is 0.511 e. The van der Waals surface area contributed by atoms with Crippen LogP contribution in [0.15, 0.2) is 23.1 Å². The molecule has 0 spiro atoms. The van der Waals surface area contributed by atoms with Crippen molar-refractivity contribution < 1.29 is 23.8 Å². The normalized spacial score (nSPS) is 21.7. The summed E-state index contributed by atoms with van der Waals surface area (Å²) in [6.07, 6.45) is 2.14. The van der Waals surface area contributed by atoms with Crippen molar-refractivity contribution in [3.05, 3.63) is 34.4 Å². The molecule has 1 saturated carbocycles. The molecule has 0 radical (unpaired) electrons. The second-order valence-electron chi connectivity index (χ2n) is 8.95. The molecule has 32 heavy (non-hydrogen) atoms. The maximum absolute atomic E-state index is 15.3. The van der Waals surface area contributed by atoms with Gasteiger partial charge in [-0.05, 0) is 45.7 Å². The number of nitrogens with zero attached hydrogens (tertiary/aromatic N) is 3. The zero-order valence-electron chi connectivity index (χ0n) is 18.5. The van der Waals surface area contributed by atoms with Gasteiger partial charge in [-0.3, -0.25) is 14.5 Å². The lowest BCUT2D eigenvalue weighted by Gasteiger charge is -2.45. The fourth-order valence-corrected chi connectivity index (χ4v) is 4.52. The fraction of sp³-hybridized carbons (Fsp3) is 0.522. The molecule has 2 aliphatic rings. The first-order valence-electron chi connectivity index (χ1n) is 10.9. The molecule has 1 aliphatic carbocycles. The van der Waals surface area contributed by atoms with Gasteiger partial charge < -0.3 is 19.3 Å². The quantitative estimate of drug-likeness (QED) is 0.681. The number of anilines is 1. The van der Waals surface area contributed by atoms with E-state index in [9.17, 15) is 14.4 Å². The smallest absolute Gasteiger partial charge is 0.449 e. The summed E-state index contributed by atoms with van der Waals surface area (Å²) >= 11 is 0. The highest BCUT2D eigenvalue weighted by atomic mass is 19.1. The van der Waals surface area contributed by atoms with Gasteiger partial charge in [0.2, 0.25) is 5.43 Å². The van der Waals surface area contributed by atoms with Crippen molar-refractivity contribution >= 4 is 28.5 Å². The summed E-state index contributed by atoms with van der Waals surface area (Å²) in [7, 11) is 0. The first-order valence-corrected chi connectivity index (χ1v) is 10.9. The van der Waals surface area contributed by atoms with Gasteiger partial charge in [0.25, 0.3) is 0 Å². The lowest BCUT2D eigenvalue weighted by atomic mass is 10.0. The summed E-state index contributed by atoms with van der Waals surface area (Å²) < 4.78 is 21.8. The number of fused-ring (bicyclic) bond motifs is 1. The number of benzene rings is 1. The molecule has 4 rings (SSSR count). The van der Waals surface area contributed by atoms with Crippen molar-refractivity contribution in [2.24, 2.45) is 0 Å². The van der Waals surface area contributed by atoms with E-state index in [0.29, 0.717) is 37.3 Å². The molecule has 1 aromatic heterocycles. The molecule has 9 heteroatoms. The zero-order valence-corrected chi connectivity index (χ0v) is 18.5. The first kappa shape index (κ1) is 22.3. The molecule has 2 aromatic rings. The van der Waals surface area contributed by atoms with Gasteiger partial charge in [-0.25, -0.2) is 9.18 Å². The Kier molecular flexibility index (Phi) is 5.94. The van der Waals surface area contributed by atoms with Crippen molar-refractivity contribution in [2.75, 3.05) is 24.5 Å². The van der Waals surface area contributed by atoms with Gasteiger partial charge in [-0.1, -0.05) is 0 Å². The van der Waals surface area contributed by atoms with Gasteiger partial charge >= 0.3 is 6.16 Å². The number of rotatable bonds is 6. The van der Waals surface area contributed by atoms with E-state index in [-0.39, 0.29) is 35.0 Å². The second-order valence-corrected chi connectivity index (χ2v) is 8.95. The molecule has 0 amide bonds. The number of carbonyl (C=O) groups excluding carboxylic acids is 1. The van der Waals surface area contributed by atoms with E-state index < -0.39 is 17.4 Å². The Morgan fingerprint density at radius 3 is 2.53 bits per heavy atom. The molecule has 2 fully saturated rings. The number of ketones is 1. The van der Waals surface area contributed by atoms with Crippen LogP contribution in [0.25, 0.3) is 10.9 Å². The van der Waals surface area contributed by atoms with Crippen molar-refractivity contribution in [1.29, 1.82) is 0 Å². The number of hydrogen-bond acceptors (Lipinski definition) is 6. The average Bonchev–Trinajstić information content (AvgIpc) is 3.55. The van der Waals surface area contributed by atoms with Crippen molar-refractivity contribution in [1.82, 2.24) is 9.47 Å². The lowest BCUT2D eigenvalue weighted by molar-refractivity contribution is -0.117. The molecule has 1 aromatic carbocycles. The van der Waals surface area contributed by atoms with Crippen molar-refractivity contribution in [2.45, 2.75) is 58.2 Å². The molecular formula is C23H28FN3O5. The Morgan fingerprint density at radius 1 is 1.19 bits per heavy atom. The molecule has 1 saturated heterocycles. The van der Waals surface area contributed by atoms with Crippen LogP contribution in [0.3, 0.4) is 0 Å². The number of pyridine rings is 1. The molecule has 2 atom stereocenters. The van der Waals surface area contributed by atoms with E-state index in [1.807, 2.05) is 16.4 Å². The molecule has 1 aliphatic heterocycles. The highest BCUT2D eigenvalue weighted by Gasteiger charge is 2.32. The minimum absolute atomic E-state index is 0.0147. The van der Waals surface area contributed by atoms with Crippen LogP contribution in [-0.4, -0.2) is 58.2 Å². The van der Waals surface area contributed by atoms with Crippen LogP contribution in [0, 0.1) is 5.82 Å². The number of ether oxygens (including phenoxy) is 1. The highest BCUT2D eigenvalue weighted by molar-refractivity contribution is 5.85. The van der Waals surface area contributed by atoms with E-state index >= 15 is 4.39 Å². The lowest BCUT2D eigenvalue weighted by Crippen LogP contribution is -2.57. The number of piperazine rings is 1. The predicted molar refractivity (Wildman–Crippen MR) is 118 cm³/mol. The predicted octanol–water partition coefficient (Wildman–Crippen LogP) is 3.41. The minimum atomic E-state index is -1.58. The Bertz CT molecular complexity index is 1130. The van der Waals surface area contributed by atoms with E-state index in [4.69, 9.17) is 5.11 Å². The Labute approximate surface area is 185 Å². The van der Waals surface area contributed by atoms with Gasteiger partial charge in [0.15, 0.2) is 5.75 Å². The maximum atomic E-state index is 15.3. The van der Waals surface area contributed by atoms with Crippen LogP contribution in [0.2, 0.25) is 0 Å². The third-order valence-electron chi connectivity index (χ3n) is 6.38. The molecule has 2 heterocycles. The van der Waals surface area contributed by atoms with Gasteiger partial charge in [-0.15, -0.1) is 0 Å². The van der Waals surface area contributed by atoms with Crippen LogP contribution >= 0.6 is 0 Å². The first-order chi connectivity index (χ1) is 15.2. The summed E-state index contributed by atoms with van der Waals surface area (Å²) in [5, 5.41) is 9.06. The third-order valence-corrected chi connectivity index (χ3v) is 6.38. The maximum Gasteiger partial charge on any atom is 0.511 e. The summed E-state index contributed by atoms with van der Waals surface area (Å²) in [6.45, 7) is 7.65. The number of halogens is 1. The van der Waals surface area contributed by atoms with Crippen LogP contribution in [0.4, 0.5) is 14.9 Å². The summed E-state index contributed by atoms with van der Waals surface area (Å²) in [5.41, 5.74) is 0.356. The molecular weight excluding hydrogens is 417 g/mol. The van der Waals surface area contributed by atoms with Gasteiger partial charge in [0, 0.05) is 44.2 Å². The van der Waals surface area contributed by atoms with Crippen LogP contribution < -0.4 is 15.1 Å². The van der Waals surface area contributed by atoms with E-state index in [1.54, 1.807) is 13.0 Å². The number of carboxylic acid groups (broad SMARTS) is 1. The van der Waals surface area contributed by atoms with E-state index in [2.05, 4.69) is 16.6 Å². The number of aromatic nitrogens is 1. The molecule has 1 N–H and O–H groups in total. The van der Waals surface area contributed by atoms with Crippen LogP contribution in [0.5, 0.6) is 5.75 Å². The van der Waals surface area contributed by atoms with Crippen molar-refractivity contribution in [3.63, 3.8) is 0 Å². The topological polar surface area (TPSA) is 92.1 Å². The summed E-state index contributed by atoms with van der Waals surface area (Å²) in [6, 6.07) is 3.18. The Morgan fingerprint density at radius 2 is 1.91 bits per heavy atom. The third kappa shape index (κ3) is 4.34. The van der Waals surface area contributed by atoms with Gasteiger partial charge in [0.1, 0.15) is 11.6 Å². The molecule has 8 nitrogen and oxygen atoms in total. The van der Waals surface area contributed by atoms with E-state index in [1.165, 1.54) is 12.3 Å². The molecule has 2 unspecified atom stereocenters. The van der Waals surface area contributed by atoms with Crippen molar-refractivity contribution in [3.8, 4) is 5.75 Å².